The van der Waals surface area contributed by atoms with Gasteiger partial charge in [0, 0.05) is 38.8 Å². The number of piperazine rings is 1. The highest BCUT2D eigenvalue weighted by molar-refractivity contribution is 5.15. The van der Waals surface area contributed by atoms with Gasteiger partial charge >= 0.3 is 0 Å². The largest absolute Gasteiger partial charge is 0.326 e. The monoisotopic (exact) mass is 233 g/mol. The molecule has 17 heavy (non-hydrogen) atoms. The Bertz CT molecular complexity index is 317. The number of hydrogen-bond acceptors (Lipinski definition) is 3. The Balaban J connectivity index is 1.76. The lowest BCUT2D eigenvalue weighted by Gasteiger charge is -2.33. The second-order valence-electron chi connectivity index (χ2n) is 5.05. The lowest BCUT2D eigenvalue weighted by Crippen LogP contribution is -2.49. The van der Waals surface area contributed by atoms with E-state index in [1.54, 1.807) is 0 Å². The Morgan fingerprint density at radius 1 is 1.12 bits per heavy atom. The summed E-state index contributed by atoms with van der Waals surface area (Å²) >= 11 is 0. The molecule has 2 rings (SSSR count). The van der Waals surface area contributed by atoms with Crippen molar-refractivity contribution in [2.45, 2.75) is 12.5 Å². The van der Waals surface area contributed by atoms with Crippen LogP contribution in [0.15, 0.2) is 30.3 Å². The van der Waals surface area contributed by atoms with Crippen LogP contribution in [0.25, 0.3) is 0 Å². The van der Waals surface area contributed by atoms with Gasteiger partial charge in [0.25, 0.3) is 0 Å². The van der Waals surface area contributed by atoms with Crippen LogP contribution >= 0.6 is 0 Å². The molecule has 1 aliphatic heterocycles. The zero-order valence-electron chi connectivity index (χ0n) is 10.7. The molecule has 1 fully saturated rings. The van der Waals surface area contributed by atoms with Crippen molar-refractivity contribution >= 4 is 0 Å². The van der Waals surface area contributed by atoms with Crippen LogP contribution in [0.3, 0.4) is 0 Å². The molecular weight excluding hydrogens is 210 g/mol. The van der Waals surface area contributed by atoms with Crippen LogP contribution < -0.4 is 5.73 Å². The third-order valence-corrected chi connectivity index (χ3v) is 3.43. The van der Waals surface area contributed by atoms with Gasteiger partial charge in [-0.2, -0.15) is 0 Å². The van der Waals surface area contributed by atoms with Crippen molar-refractivity contribution < 1.29 is 0 Å². The first-order valence-electron chi connectivity index (χ1n) is 6.44. The van der Waals surface area contributed by atoms with E-state index in [1.165, 1.54) is 5.56 Å². The lowest BCUT2D eigenvalue weighted by atomic mass is 10.1. The van der Waals surface area contributed by atoms with Crippen LogP contribution in [-0.4, -0.2) is 55.6 Å². The molecule has 0 radical (unpaired) electrons. The number of benzene rings is 1. The van der Waals surface area contributed by atoms with Crippen molar-refractivity contribution in [2.24, 2.45) is 5.73 Å². The van der Waals surface area contributed by atoms with Crippen molar-refractivity contribution in [1.29, 1.82) is 0 Å². The highest BCUT2D eigenvalue weighted by Gasteiger charge is 2.16. The maximum absolute atomic E-state index is 6.22. The van der Waals surface area contributed by atoms with Crippen LogP contribution in [0, 0.1) is 0 Å². The van der Waals surface area contributed by atoms with Crippen molar-refractivity contribution in [2.75, 3.05) is 39.8 Å². The number of rotatable bonds is 4. The molecule has 0 bridgehead atoms. The molecule has 0 saturated carbocycles. The predicted molar refractivity (Wildman–Crippen MR) is 72.1 cm³/mol. The van der Waals surface area contributed by atoms with E-state index >= 15 is 0 Å². The summed E-state index contributed by atoms with van der Waals surface area (Å²) in [6, 6.07) is 10.8. The third-order valence-electron chi connectivity index (χ3n) is 3.43. The first-order chi connectivity index (χ1) is 8.24. The van der Waals surface area contributed by atoms with Crippen molar-refractivity contribution in [3.8, 4) is 0 Å². The van der Waals surface area contributed by atoms with Gasteiger partial charge in [0.05, 0.1) is 0 Å². The van der Waals surface area contributed by atoms with Crippen LogP contribution in [-0.2, 0) is 6.42 Å². The molecule has 94 valence electrons. The molecule has 1 aromatic carbocycles. The lowest BCUT2D eigenvalue weighted by molar-refractivity contribution is 0.147. The molecular formula is C14H23N3. The molecule has 0 spiro atoms. The second kappa shape index (κ2) is 6.15. The van der Waals surface area contributed by atoms with E-state index in [9.17, 15) is 0 Å². The quantitative estimate of drug-likeness (QED) is 0.835. The second-order valence-corrected chi connectivity index (χ2v) is 5.05. The third kappa shape index (κ3) is 4.11. The smallest absolute Gasteiger partial charge is 0.0208 e. The van der Waals surface area contributed by atoms with Crippen LogP contribution in [0.4, 0.5) is 0 Å². The van der Waals surface area contributed by atoms with Gasteiger partial charge in [-0.3, -0.25) is 4.90 Å². The van der Waals surface area contributed by atoms with Gasteiger partial charge in [-0.15, -0.1) is 0 Å². The molecule has 1 aliphatic rings. The van der Waals surface area contributed by atoms with Crippen molar-refractivity contribution in [3.63, 3.8) is 0 Å². The summed E-state index contributed by atoms with van der Waals surface area (Å²) in [5.74, 6) is 0. The molecule has 2 N–H and O–H groups in total. The van der Waals surface area contributed by atoms with E-state index in [1.807, 2.05) is 0 Å². The first-order valence-corrected chi connectivity index (χ1v) is 6.44. The Labute approximate surface area is 104 Å². The Kier molecular flexibility index (Phi) is 4.54. The van der Waals surface area contributed by atoms with E-state index in [0.29, 0.717) is 0 Å². The molecule has 1 atom stereocenters. The highest BCUT2D eigenvalue weighted by atomic mass is 15.2. The fraction of sp³-hybridized carbons (Fsp3) is 0.571. The fourth-order valence-corrected chi connectivity index (χ4v) is 2.34. The zero-order chi connectivity index (χ0) is 12.1. The molecule has 1 heterocycles. The van der Waals surface area contributed by atoms with Gasteiger partial charge in [0.1, 0.15) is 0 Å². The fourth-order valence-electron chi connectivity index (χ4n) is 2.34. The summed E-state index contributed by atoms with van der Waals surface area (Å²) in [5, 5.41) is 0. The average Bonchev–Trinajstić information content (AvgIpc) is 2.33. The van der Waals surface area contributed by atoms with Gasteiger partial charge in [0.15, 0.2) is 0 Å². The summed E-state index contributed by atoms with van der Waals surface area (Å²) in [6.45, 7) is 5.65. The normalized spacial score (nSPS) is 20.4. The van der Waals surface area contributed by atoms with Crippen LogP contribution in [0.5, 0.6) is 0 Å². The minimum absolute atomic E-state index is 0.251. The molecule has 0 aromatic heterocycles. The minimum Gasteiger partial charge on any atom is -0.326 e. The molecule has 0 aliphatic carbocycles. The van der Waals surface area contributed by atoms with Crippen molar-refractivity contribution in [1.82, 2.24) is 9.80 Å². The molecule has 1 unspecified atom stereocenters. The van der Waals surface area contributed by atoms with E-state index in [2.05, 4.69) is 47.2 Å². The molecule has 3 heteroatoms. The molecule has 3 nitrogen and oxygen atoms in total. The van der Waals surface area contributed by atoms with E-state index in [0.717, 1.165) is 39.1 Å². The molecule has 0 amide bonds. The average molecular weight is 233 g/mol. The van der Waals surface area contributed by atoms with E-state index in [-0.39, 0.29) is 6.04 Å². The summed E-state index contributed by atoms with van der Waals surface area (Å²) < 4.78 is 0. The molecule has 1 saturated heterocycles. The predicted octanol–water partition coefficient (Wildman–Crippen LogP) is 0.804. The van der Waals surface area contributed by atoms with Gasteiger partial charge in [0.2, 0.25) is 0 Å². The van der Waals surface area contributed by atoms with Crippen LogP contribution in [0.2, 0.25) is 0 Å². The minimum atomic E-state index is 0.251. The number of likely N-dealkylation sites (N-methyl/N-ethyl adjacent to an activating group) is 1. The van der Waals surface area contributed by atoms with Crippen molar-refractivity contribution in [3.05, 3.63) is 35.9 Å². The summed E-state index contributed by atoms with van der Waals surface area (Å²) in [7, 11) is 2.18. The Hall–Kier alpha value is -0.900. The SMILES string of the molecule is CN1CCN(CC(N)Cc2ccccc2)CC1. The van der Waals surface area contributed by atoms with E-state index < -0.39 is 0 Å². The maximum atomic E-state index is 6.22. The standard InChI is InChI=1S/C14H23N3/c1-16-7-9-17(10-8-16)12-14(15)11-13-5-3-2-4-6-13/h2-6,14H,7-12,15H2,1H3. The molecule has 1 aromatic rings. The topological polar surface area (TPSA) is 32.5 Å². The van der Waals surface area contributed by atoms with E-state index in [4.69, 9.17) is 5.73 Å². The highest BCUT2D eigenvalue weighted by Crippen LogP contribution is 2.05. The summed E-state index contributed by atoms with van der Waals surface area (Å²) in [5.41, 5.74) is 7.56. The Morgan fingerprint density at radius 3 is 2.41 bits per heavy atom. The van der Waals surface area contributed by atoms with Gasteiger partial charge in [-0.25, -0.2) is 0 Å². The summed E-state index contributed by atoms with van der Waals surface area (Å²) in [6.07, 6.45) is 0.979. The van der Waals surface area contributed by atoms with Gasteiger partial charge < -0.3 is 10.6 Å². The first kappa shape index (κ1) is 12.6. The number of hydrogen-bond donors (Lipinski definition) is 1. The maximum Gasteiger partial charge on any atom is 0.0208 e. The summed E-state index contributed by atoms with van der Waals surface area (Å²) in [4.78, 5) is 4.85. The Morgan fingerprint density at radius 2 is 1.76 bits per heavy atom. The van der Waals surface area contributed by atoms with Gasteiger partial charge in [-0.1, -0.05) is 30.3 Å². The van der Waals surface area contributed by atoms with Crippen LogP contribution in [0.1, 0.15) is 5.56 Å². The number of nitrogens with two attached hydrogens (primary N) is 1. The van der Waals surface area contributed by atoms with Gasteiger partial charge in [-0.05, 0) is 19.0 Å². The number of nitrogens with zero attached hydrogens (tertiary/aromatic N) is 2. The zero-order valence-corrected chi connectivity index (χ0v) is 10.7.